The Balaban J connectivity index is 0.000000322. The van der Waals surface area contributed by atoms with E-state index >= 15 is 0 Å². The van der Waals surface area contributed by atoms with Crippen molar-refractivity contribution in [2.75, 3.05) is 0 Å². The summed E-state index contributed by atoms with van der Waals surface area (Å²) in [5.74, 6) is -0.882. The third-order valence-corrected chi connectivity index (χ3v) is 10.7. The van der Waals surface area contributed by atoms with E-state index in [0.717, 1.165) is 14.3 Å². The van der Waals surface area contributed by atoms with E-state index in [1.54, 1.807) is 48.5 Å². The van der Waals surface area contributed by atoms with Gasteiger partial charge in [-0.1, -0.05) is 0 Å². The van der Waals surface area contributed by atoms with Crippen molar-refractivity contribution in [2.24, 2.45) is 0 Å². The molecule has 0 fully saturated rings. The fraction of sp³-hybridized carbons (Fsp3) is 0.0769. The first kappa shape index (κ1) is 41.5. The quantitative estimate of drug-likeness (QED) is 0.126. The van der Waals surface area contributed by atoms with Gasteiger partial charge in [0.1, 0.15) is 23.3 Å². The van der Waals surface area contributed by atoms with E-state index in [1.165, 1.54) is 48.5 Å². The van der Waals surface area contributed by atoms with E-state index in [0.29, 0.717) is 0 Å². The second-order valence-electron chi connectivity index (χ2n) is 7.73. The molecule has 0 aliphatic carbocycles. The number of alkyl halides is 6. The molecule has 6 nitrogen and oxygen atoms in total. The van der Waals surface area contributed by atoms with Gasteiger partial charge in [0.05, 0.1) is 0 Å². The van der Waals surface area contributed by atoms with Crippen LogP contribution in [0.3, 0.4) is 0 Å². The maximum absolute atomic E-state index is 12.6. The number of hydrogen-bond donors (Lipinski definition) is 0. The second kappa shape index (κ2) is 18.1. The van der Waals surface area contributed by atoms with Gasteiger partial charge < -0.3 is 9.11 Å². The van der Waals surface area contributed by atoms with Gasteiger partial charge >= 0.3 is 53.4 Å². The van der Waals surface area contributed by atoms with Crippen LogP contribution in [0.25, 0.3) is 0 Å². The van der Waals surface area contributed by atoms with Crippen molar-refractivity contribution in [1.82, 2.24) is 0 Å². The Morgan fingerprint density at radius 2 is 0.522 bits per heavy atom. The molecule has 0 aliphatic rings. The lowest BCUT2D eigenvalue weighted by molar-refractivity contribution is -0.597. The molecule has 0 atom stereocenters. The molecule has 0 aliphatic heterocycles. The summed E-state index contributed by atoms with van der Waals surface area (Å²) in [7, 11) is -12.2. The van der Waals surface area contributed by atoms with E-state index in [1.807, 2.05) is 0 Å². The highest BCUT2D eigenvalue weighted by atomic mass is 127. The first-order valence-corrected chi connectivity index (χ1v) is 18.5. The Labute approximate surface area is 276 Å². The predicted octanol–water partition coefficient (Wildman–Crippen LogP) is 0.289. The van der Waals surface area contributed by atoms with Crippen molar-refractivity contribution in [2.45, 2.75) is 11.0 Å². The second-order valence-corrected chi connectivity index (χ2v) is 16.5. The molecule has 0 N–H and O–H groups in total. The van der Waals surface area contributed by atoms with Gasteiger partial charge in [-0.15, -0.1) is 0 Å². The molecule has 0 amide bonds. The number of hydrogen-bond acceptors (Lipinski definition) is 6. The van der Waals surface area contributed by atoms with Crippen LogP contribution in [0.4, 0.5) is 43.9 Å². The molecule has 0 spiro atoms. The van der Waals surface area contributed by atoms with Crippen LogP contribution in [-0.2, 0) is 20.2 Å². The van der Waals surface area contributed by atoms with E-state index in [9.17, 15) is 43.9 Å². The summed E-state index contributed by atoms with van der Waals surface area (Å²) < 4.78 is 173. The van der Waals surface area contributed by atoms with Gasteiger partial charge in [0.2, 0.25) is 0 Å². The Morgan fingerprint density at radius 3 is 0.630 bits per heavy atom. The summed E-state index contributed by atoms with van der Waals surface area (Å²) in [6.45, 7) is 0. The van der Waals surface area contributed by atoms with Crippen LogP contribution in [0.1, 0.15) is 0 Å². The molecule has 0 aromatic heterocycles. The monoisotopic (exact) mass is 932 g/mol. The molecule has 252 valence electrons. The summed E-state index contributed by atoms with van der Waals surface area (Å²) in [5, 5.41) is 0. The first-order chi connectivity index (χ1) is 21.0. The maximum Gasteiger partial charge on any atom is 0.485 e. The van der Waals surface area contributed by atoms with Crippen molar-refractivity contribution >= 4 is 20.2 Å². The van der Waals surface area contributed by atoms with E-state index in [2.05, 4.69) is 0 Å². The smallest absolute Gasteiger partial charge is 0.485 e. The van der Waals surface area contributed by atoms with Gasteiger partial charge in [0.15, 0.2) is 34.5 Å². The average Bonchev–Trinajstić information content (AvgIpc) is 2.93. The van der Waals surface area contributed by atoms with Gasteiger partial charge in [0, 0.05) is 0 Å². The van der Waals surface area contributed by atoms with Gasteiger partial charge in [-0.25, -0.2) is 34.4 Å². The topological polar surface area (TPSA) is 114 Å². The van der Waals surface area contributed by atoms with Crippen LogP contribution >= 0.6 is 0 Å². The molecule has 4 aromatic carbocycles. The lowest BCUT2D eigenvalue weighted by Crippen LogP contribution is -3.61. The van der Waals surface area contributed by atoms with Crippen molar-refractivity contribution in [3.8, 4) is 0 Å². The summed E-state index contributed by atoms with van der Waals surface area (Å²) in [6, 6.07) is 25.9. The number of halogens is 12. The lowest BCUT2D eigenvalue weighted by atomic mass is 10.4. The minimum absolute atomic E-state index is 0.220. The lowest BCUT2D eigenvalue weighted by Gasteiger charge is -2.08. The Bertz CT molecular complexity index is 1500. The standard InChI is InChI=1S/2C12H8F2I.2CHF3O3S/c2*13-9-1-5-11(6-2-9)15-12-7-3-10(14)4-8-12;2*2-1(3,4)8(5,6)7/h2*1-8H;2*(H,5,6,7)/q2*+1;;/p-2. The van der Waals surface area contributed by atoms with Gasteiger partial charge in [-0.2, -0.15) is 26.3 Å². The molecule has 0 radical (unpaired) electrons. The maximum atomic E-state index is 12.6. The fourth-order valence-electron chi connectivity index (χ4n) is 2.22. The molecular formula is C26H16F10I2O6S2. The van der Waals surface area contributed by atoms with Gasteiger partial charge in [0.25, 0.3) is 0 Å². The highest BCUT2D eigenvalue weighted by molar-refractivity contribution is 7.86. The minimum atomic E-state index is -6.09. The zero-order valence-corrected chi connectivity index (χ0v) is 28.0. The molecule has 0 saturated heterocycles. The normalized spacial score (nSPS) is 11.6. The van der Waals surface area contributed by atoms with Gasteiger partial charge in [-0.05, 0) is 97.1 Å². The fourth-order valence-corrected chi connectivity index (χ4v) is 6.54. The van der Waals surface area contributed by atoms with Crippen LogP contribution < -0.4 is 42.4 Å². The third-order valence-electron chi connectivity index (χ3n) is 4.22. The van der Waals surface area contributed by atoms with Crippen LogP contribution in [0.15, 0.2) is 97.1 Å². The Hall–Kier alpha value is -2.54. The van der Waals surface area contributed by atoms with Crippen LogP contribution in [-0.4, -0.2) is 37.0 Å². The van der Waals surface area contributed by atoms with Crippen molar-refractivity contribution < 1.29 is 112 Å². The van der Waals surface area contributed by atoms with E-state index in [4.69, 9.17) is 25.9 Å². The number of benzene rings is 4. The SMILES string of the molecule is Fc1ccc([I+]c2ccc(F)cc2)cc1.Fc1ccc([I+]c2ccc(F)cc2)cc1.O=S(=O)([O-])C(F)(F)F.O=S(=O)([O-])C(F)(F)F. The Kier molecular flexibility index (Phi) is 16.3. The Morgan fingerprint density at radius 1 is 0.391 bits per heavy atom. The van der Waals surface area contributed by atoms with Crippen LogP contribution in [0.5, 0.6) is 0 Å². The zero-order valence-electron chi connectivity index (χ0n) is 22.0. The molecule has 0 unspecified atom stereocenters. The molecular weight excluding hydrogens is 916 g/mol. The summed E-state index contributed by atoms with van der Waals surface area (Å²) in [6.07, 6.45) is 0. The molecule has 4 aromatic rings. The molecule has 0 heterocycles. The molecule has 0 bridgehead atoms. The molecule has 46 heavy (non-hydrogen) atoms. The number of rotatable bonds is 4. The van der Waals surface area contributed by atoms with Crippen LogP contribution in [0, 0.1) is 37.5 Å². The predicted molar refractivity (Wildman–Crippen MR) is 132 cm³/mol. The summed E-state index contributed by atoms with van der Waals surface area (Å²) in [4.78, 5) is 0. The molecule has 20 heteroatoms. The van der Waals surface area contributed by atoms with E-state index in [-0.39, 0.29) is 65.7 Å². The zero-order chi connectivity index (χ0) is 35.3. The summed E-state index contributed by atoms with van der Waals surface area (Å²) in [5.41, 5.74) is -11.3. The first-order valence-electron chi connectivity index (χ1n) is 11.3. The van der Waals surface area contributed by atoms with Crippen LogP contribution in [0.2, 0.25) is 0 Å². The van der Waals surface area contributed by atoms with Gasteiger partial charge in [-0.3, -0.25) is 0 Å². The average molecular weight is 932 g/mol. The largest absolute Gasteiger partial charge is 0.741 e. The highest BCUT2D eigenvalue weighted by Gasteiger charge is 2.37. The van der Waals surface area contributed by atoms with E-state index < -0.39 is 31.3 Å². The molecule has 4 rings (SSSR count). The summed E-state index contributed by atoms with van der Waals surface area (Å²) >= 11 is -0.660. The third kappa shape index (κ3) is 16.9. The highest BCUT2D eigenvalue weighted by Crippen LogP contribution is 2.21. The minimum Gasteiger partial charge on any atom is -0.741 e. The van der Waals surface area contributed by atoms with Crippen molar-refractivity contribution in [1.29, 1.82) is 0 Å². The van der Waals surface area contributed by atoms with Crippen molar-refractivity contribution in [3.05, 3.63) is 135 Å². The molecule has 0 saturated carbocycles. The van der Waals surface area contributed by atoms with Crippen molar-refractivity contribution in [3.63, 3.8) is 0 Å².